The molecule has 0 aliphatic rings. The van der Waals surface area contributed by atoms with Crippen molar-refractivity contribution in [1.29, 1.82) is 0 Å². The third-order valence-corrected chi connectivity index (χ3v) is 4.45. The lowest BCUT2D eigenvalue weighted by Crippen LogP contribution is -2.21. The number of para-hydroxylation sites is 1. The zero-order chi connectivity index (χ0) is 22.3. The maximum absolute atomic E-state index is 13.9. The second-order valence-corrected chi connectivity index (χ2v) is 6.54. The second kappa shape index (κ2) is 10.4. The van der Waals surface area contributed by atoms with Crippen LogP contribution in [0.4, 0.5) is 13.2 Å². The number of unbranched alkanes of at least 4 members (excludes halogenated alkanes) is 1. The number of rotatable bonds is 9. The average Bonchev–Trinajstić information content (AvgIpc) is 2.68. The van der Waals surface area contributed by atoms with Gasteiger partial charge < -0.3 is 18.9 Å². The van der Waals surface area contributed by atoms with Crippen LogP contribution in [0.5, 0.6) is 11.5 Å². The molecule has 30 heavy (non-hydrogen) atoms. The molecular formula is C22H25F3O5. The van der Waals surface area contributed by atoms with Crippen LogP contribution in [0, 0.1) is 6.92 Å². The molecule has 0 amide bonds. The lowest BCUT2D eigenvalue weighted by atomic mass is 9.94. The van der Waals surface area contributed by atoms with Gasteiger partial charge in [0.25, 0.3) is 0 Å². The monoisotopic (exact) mass is 426 g/mol. The predicted octanol–water partition coefficient (Wildman–Crippen LogP) is 5.70. The number of carbonyl (C=O) groups excluding carboxylic acids is 1. The molecule has 2 aromatic rings. The van der Waals surface area contributed by atoms with Gasteiger partial charge in [0, 0.05) is 19.8 Å². The van der Waals surface area contributed by atoms with Crippen molar-refractivity contribution < 1.29 is 36.9 Å². The molecule has 0 N–H and O–H groups in total. The van der Waals surface area contributed by atoms with E-state index >= 15 is 0 Å². The zero-order valence-electron chi connectivity index (χ0n) is 17.3. The van der Waals surface area contributed by atoms with E-state index in [0.29, 0.717) is 6.42 Å². The Balaban J connectivity index is 2.65. The van der Waals surface area contributed by atoms with Crippen LogP contribution < -0.4 is 9.47 Å². The first kappa shape index (κ1) is 23.7. The number of hydrogen-bond donors (Lipinski definition) is 0. The second-order valence-electron chi connectivity index (χ2n) is 6.54. The fourth-order valence-corrected chi connectivity index (χ4v) is 3.06. The number of benzene rings is 2. The van der Waals surface area contributed by atoms with Crippen molar-refractivity contribution in [2.45, 2.75) is 39.2 Å². The first-order valence-corrected chi connectivity index (χ1v) is 9.44. The van der Waals surface area contributed by atoms with Gasteiger partial charge in [0.15, 0.2) is 6.29 Å². The van der Waals surface area contributed by atoms with E-state index < -0.39 is 24.0 Å². The summed E-state index contributed by atoms with van der Waals surface area (Å²) in [5.74, 6) is -0.733. The van der Waals surface area contributed by atoms with E-state index in [1.54, 1.807) is 18.2 Å². The molecule has 0 radical (unpaired) electrons. The van der Waals surface area contributed by atoms with Crippen LogP contribution in [0.15, 0.2) is 36.4 Å². The van der Waals surface area contributed by atoms with Crippen molar-refractivity contribution in [2.24, 2.45) is 0 Å². The van der Waals surface area contributed by atoms with Gasteiger partial charge in [-0.05, 0) is 37.1 Å². The maximum Gasteiger partial charge on any atom is 0.417 e. The maximum atomic E-state index is 13.9. The minimum atomic E-state index is -4.75. The highest BCUT2D eigenvalue weighted by molar-refractivity contribution is 5.96. The number of halogens is 3. The Morgan fingerprint density at radius 3 is 2.27 bits per heavy atom. The van der Waals surface area contributed by atoms with Gasteiger partial charge in [-0.2, -0.15) is 13.2 Å². The van der Waals surface area contributed by atoms with Crippen molar-refractivity contribution in [2.75, 3.05) is 20.8 Å². The molecule has 0 aromatic heterocycles. The zero-order valence-corrected chi connectivity index (χ0v) is 17.3. The standard InChI is InChI=1S/C22H25F3O5/c1-5-6-12-29-17-13-16(21(27-3)28-4)19(22(23,24)25)14(2)18(17)20(26)30-15-10-8-7-9-11-15/h7-11,13,21H,5-6,12H2,1-4H3. The summed E-state index contributed by atoms with van der Waals surface area (Å²) in [6.45, 7) is 3.39. The van der Waals surface area contributed by atoms with Gasteiger partial charge in [-0.25, -0.2) is 4.79 Å². The molecule has 0 unspecified atom stereocenters. The minimum absolute atomic E-state index is 0.0102. The van der Waals surface area contributed by atoms with Crippen molar-refractivity contribution in [3.63, 3.8) is 0 Å². The van der Waals surface area contributed by atoms with Crippen LogP contribution in [0.3, 0.4) is 0 Å². The summed E-state index contributed by atoms with van der Waals surface area (Å²) in [7, 11) is 2.47. The fourth-order valence-electron chi connectivity index (χ4n) is 3.06. The topological polar surface area (TPSA) is 54.0 Å². The van der Waals surface area contributed by atoms with Gasteiger partial charge in [0.1, 0.15) is 17.1 Å². The molecule has 0 spiro atoms. The summed E-state index contributed by atoms with van der Waals surface area (Å²) in [5.41, 5.74) is -1.88. The summed E-state index contributed by atoms with van der Waals surface area (Å²) >= 11 is 0. The van der Waals surface area contributed by atoms with Crippen LogP contribution in [-0.4, -0.2) is 26.8 Å². The predicted molar refractivity (Wildman–Crippen MR) is 105 cm³/mol. The van der Waals surface area contributed by atoms with E-state index in [0.717, 1.165) is 12.5 Å². The van der Waals surface area contributed by atoms with Gasteiger partial charge in [0.2, 0.25) is 0 Å². The van der Waals surface area contributed by atoms with E-state index in [9.17, 15) is 18.0 Å². The van der Waals surface area contributed by atoms with Crippen molar-refractivity contribution in [3.05, 3.63) is 58.7 Å². The number of alkyl halides is 3. The summed E-state index contributed by atoms with van der Waals surface area (Å²) < 4.78 is 62.9. The third-order valence-electron chi connectivity index (χ3n) is 4.45. The largest absolute Gasteiger partial charge is 0.493 e. The van der Waals surface area contributed by atoms with Crippen LogP contribution >= 0.6 is 0 Å². The molecule has 0 fully saturated rings. The molecule has 0 saturated heterocycles. The van der Waals surface area contributed by atoms with Crippen molar-refractivity contribution in [1.82, 2.24) is 0 Å². The van der Waals surface area contributed by atoms with Gasteiger partial charge in [-0.1, -0.05) is 31.5 Å². The quantitative estimate of drug-likeness (QED) is 0.223. The molecule has 0 atom stereocenters. The lowest BCUT2D eigenvalue weighted by molar-refractivity contribution is -0.148. The lowest BCUT2D eigenvalue weighted by Gasteiger charge is -2.24. The van der Waals surface area contributed by atoms with E-state index in [1.165, 1.54) is 33.3 Å². The van der Waals surface area contributed by atoms with Gasteiger partial charge >= 0.3 is 12.1 Å². The van der Waals surface area contributed by atoms with Gasteiger partial charge in [-0.15, -0.1) is 0 Å². The van der Waals surface area contributed by atoms with Crippen LogP contribution in [0.2, 0.25) is 0 Å². The Morgan fingerprint density at radius 1 is 1.10 bits per heavy atom. The number of methoxy groups -OCH3 is 2. The Morgan fingerprint density at radius 2 is 1.73 bits per heavy atom. The van der Waals surface area contributed by atoms with E-state index in [1.807, 2.05) is 6.92 Å². The molecule has 164 valence electrons. The van der Waals surface area contributed by atoms with E-state index in [-0.39, 0.29) is 34.8 Å². The van der Waals surface area contributed by atoms with E-state index in [4.69, 9.17) is 18.9 Å². The van der Waals surface area contributed by atoms with Crippen LogP contribution in [0.25, 0.3) is 0 Å². The number of carbonyl (C=O) groups is 1. The molecule has 5 nitrogen and oxygen atoms in total. The smallest absolute Gasteiger partial charge is 0.417 e. The van der Waals surface area contributed by atoms with E-state index in [2.05, 4.69) is 0 Å². The van der Waals surface area contributed by atoms with Crippen molar-refractivity contribution >= 4 is 5.97 Å². The number of esters is 1. The fraction of sp³-hybridized carbons (Fsp3) is 0.409. The van der Waals surface area contributed by atoms with Crippen molar-refractivity contribution in [3.8, 4) is 11.5 Å². The Kier molecular flexibility index (Phi) is 8.25. The molecule has 2 rings (SSSR count). The molecule has 0 aliphatic heterocycles. The molecule has 0 saturated carbocycles. The Labute approximate surface area is 173 Å². The van der Waals surface area contributed by atoms with Gasteiger partial charge in [-0.3, -0.25) is 0 Å². The van der Waals surface area contributed by atoms with Crippen LogP contribution in [0.1, 0.15) is 53.1 Å². The Hall–Kier alpha value is -2.58. The highest BCUT2D eigenvalue weighted by Gasteiger charge is 2.40. The summed E-state index contributed by atoms with van der Waals surface area (Å²) in [6.07, 6.45) is -4.55. The number of ether oxygens (including phenoxy) is 4. The van der Waals surface area contributed by atoms with Crippen LogP contribution in [-0.2, 0) is 15.7 Å². The number of hydrogen-bond acceptors (Lipinski definition) is 5. The average molecular weight is 426 g/mol. The molecule has 2 aromatic carbocycles. The normalized spacial score (nSPS) is 11.6. The molecular weight excluding hydrogens is 401 g/mol. The molecule has 0 bridgehead atoms. The van der Waals surface area contributed by atoms with Gasteiger partial charge in [0.05, 0.1) is 12.2 Å². The highest BCUT2D eigenvalue weighted by Crippen LogP contribution is 2.42. The molecule has 8 heteroatoms. The first-order valence-electron chi connectivity index (χ1n) is 9.44. The highest BCUT2D eigenvalue weighted by atomic mass is 19.4. The summed E-state index contributed by atoms with van der Waals surface area (Å²) in [4.78, 5) is 12.9. The molecule has 0 aliphatic carbocycles. The summed E-state index contributed by atoms with van der Waals surface area (Å²) in [6, 6.07) is 9.25. The minimum Gasteiger partial charge on any atom is -0.493 e. The first-order chi connectivity index (χ1) is 14.2. The Bertz CT molecular complexity index is 846. The third kappa shape index (κ3) is 5.52. The SMILES string of the molecule is CCCCOc1cc(C(OC)OC)c(C(F)(F)F)c(C)c1C(=O)Oc1ccccc1. The summed E-state index contributed by atoms with van der Waals surface area (Å²) in [5, 5.41) is 0. The molecule has 0 heterocycles.